The minimum Gasteiger partial charge on any atom is -0.479 e. The van der Waals surface area contributed by atoms with Crippen LogP contribution < -0.4 is 0 Å². The zero-order valence-corrected chi connectivity index (χ0v) is 12.5. The third-order valence-corrected chi connectivity index (χ3v) is 4.10. The Hall–Kier alpha value is -1.10. The van der Waals surface area contributed by atoms with E-state index in [-0.39, 0.29) is 12.1 Å². The highest BCUT2D eigenvalue weighted by atomic mass is 35.5. The molecule has 0 aromatic heterocycles. The molecule has 1 saturated heterocycles. The molecule has 2 rings (SSSR count). The molecule has 1 fully saturated rings. The Morgan fingerprint density at radius 1 is 1.55 bits per heavy atom. The fourth-order valence-electron chi connectivity index (χ4n) is 2.52. The summed E-state index contributed by atoms with van der Waals surface area (Å²) in [7, 11) is 2.02. The maximum atomic E-state index is 10.9. The SMILES string of the molecule is CC(c1cccc(Cl)c1)N(C)CC1CCC(C(=O)O)O1. The van der Waals surface area contributed by atoms with Gasteiger partial charge in [-0.05, 0) is 44.5 Å². The van der Waals surface area contributed by atoms with Crippen molar-refractivity contribution in [2.45, 2.75) is 38.0 Å². The Balaban J connectivity index is 1.92. The summed E-state index contributed by atoms with van der Waals surface area (Å²) < 4.78 is 5.54. The monoisotopic (exact) mass is 297 g/mol. The fourth-order valence-corrected chi connectivity index (χ4v) is 2.72. The fraction of sp³-hybridized carbons (Fsp3) is 0.533. The molecule has 1 aliphatic rings. The summed E-state index contributed by atoms with van der Waals surface area (Å²) in [6, 6.07) is 8.01. The Morgan fingerprint density at radius 3 is 2.90 bits per heavy atom. The Labute approximate surface area is 124 Å². The van der Waals surface area contributed by atoms with Crippen LogP contribution in [-0.2, 0) is 9.53 Å². The van der Waals surface area contributed by atoms with Crippen molar-refractivity contribution in [3.8, 4) is 0 Å². The lowest BCUT2D eigenvalue weighted by Gasteiger charge is -2.27. The summed E-state index contributed by atoms with van der Waals surface area (Å²) in [5.41, 5.74) is 1.15. The molecule has 5 heteroatoms. The summed E-state index contributed by atoms with van der Waals surface area (Å²) in [5, 5.41) is 9.66. The molecule has 110 valence electrons. The summed E-state index contributed by atoms with van der Waals surface area (Å²) in [6.45, 7) is 2.83. The number of benzene rings is 1. The lowest BCUT2D eigenvalue weighted by Crippen LogP contribution is -2.32. The zero-order chi connectivity index (χ0) is 14.7. The number of halogens is 1. The van der Waals surface area contributed by atoms with Crippen LogP contribution in [0.1, 0.15) is 31.4 Å². The number of nitrogens with zero attached hydrogens (tertiary/aromatic N) is 1. The molecule has 0 saturated carbocycles. The number of likely N-dealkylation sites (N-methyl/N-ethyl adjacent to an activating group) is 1. The van der Waals surface area contributed by atoms with E-state index in [1.165, 1.54) is 0 Å². The number of hydrogen-bond donors (Lipinski definition) is 1. The number of carboxylic acid groups (broad SMARTS) is 1. The zero-order valence-electron chi connectivity index (χ0n) is 11.8. The van der Waals surface area contributed by atoms with E-state index >= 15 is 0 Å². The van der Waals surface area contributed by atoms with Crippen LogP contribution in [0.4, 0.5) is 0 Å². The highest BCUT2D eigenvalue weighted by Gasteiger charge is 2.31. The minimum absolute atomic E-state index is 0.0114. The van der Waals surface area contributed by atoms with Gasteiger partial charge < -0.3 is 9.84 Å². The van der Waals surface area contributed by atoms with Gasteiger partial charge in [-0.25, -0.2) is 4.79 Å². The van der Waals surface area contributed by atoms with Crippen molar-refractivity contribution in [1.29, 1.82) is 0 Å². The molecular formula is C15H20ClNO3. The third kappa shape index (κ3) is 3.72. The largest absolute Gasteiger partial charge is 0.479 e. The maximum Gasteiger partial charge on any atom is 0.332 e. The van der Waals surface area contributed by atoms with E-state index in [1.807, 2.05) is 31.3 Å². The van der Waals surface area contributed by atoms with Gasteiger partial charge >= 0.3 is 5.97 Å². The molecule has 1 aliphatic heterocycles. The summed E-state index contributed by atoms with van der Waals surface area (Å²) >= 11 is 6.01. The van der Waals surface area contributed by atoms with Gasteiger partial charge in [0.15, 0.2) is 6.10 Å². The molecule has 0 aliphatic carbocycles. The van der Waals surface area contributed by atoms with Crippen molar-refractivity contribution in [1.82, 2.24) is 4.90 Å². The molecule has 0 radical (unpaired) electrons. The Kier molecular flexibility index (Phi) is 5.02. The second kappa shape index (κ2) is 6.57. The molecule has 1 aromatic rings. The van der Waals surface area contributed by atoms with E-state index < -0.39 is 12.1 Å². The van der Waals surface area contributed by atoms with Crippen LogP contribution in [0.5, 0.6) is 0 Å². The summed E-state index contributed by atoms with van der Waals surface area (Å²) in [4.78, 5) is 13.0. The average molecular weight is 298 g/mol. The number of aliphatic carboxylic acids is 1. The van der Waals surface area contributed by atoms with Gasteiger partial charge in [0, 0.05) is 17.6 Å². The first-order valence-corrected chi connectivity index (χ1v) is 7.19. The van der Waals surface area contributed by atoms with Gasteiger partial charge in [-0.3, -0.25) is 4.90 Å². The standard InChI is InChI=1S/C15H20ClNO3/c1-10(11-4-3-5-12(16)8-11)17(2)9-13-6-7-14(20-13)15(18)19/h3-5,8,10,13-14H,6-7,9H2,1-2H3,(H,18,19). The predicted molar refractivity (Wildman–Crippen MR) is 78.0 cm³/mol. The van der Waals surface area contributed by atoms with Crippen molar-refractivity contribution in [3.63, 3.8) is 0 Å². The van der Waals surface area contributed by atoms with Gasteiger partial charge in [0.05, 0.1) is 6.10 Å². The number of carbonyl (C=O) groups is 1. The van der Waals surface area contributed by atoms with Crippen molar-refractivity contribution in [2.24, 2.45) is 0 Å². The number of carboxylic acids is 1. The Morgan fingerprint density at radius 2 is 2.30 bits per heavy atom. The smallest absolute Gasteiger partial charge is 0.332 e. The van der Waals surface area contributed by atoms with Crippen LogP contribution in [0.2, 0.25) is 5.02 Å². The van der Waals surface area contributed by atoms with E-state index in [4.69, 9.17) is 21.4 Å². The van der Waals surface area contributed by atoms with E-state index in [9.17, 15) is 4.79 Å². The van der Waals surface area contributed by atoms with Crippen LogP contribution in [0.3, 0.4) is 0 Å². The molecule has 20 heavy (non-hydrogen) atoms. The second-order valence-electron chi connectivity index (χ2n) is 5.33. The summed E-state index contributed by atoms with van der Waals surface area (Å²) in [6.07, 6.45) is 0.737. The van der Waals surface area contributed by atoms with E-state index in [0.717, 1.165) is 23.6 Å². The lowest BCUT2D eigenvalue weighted by molar-refractivity contribution is -0.149. The topological polar surface area (TPSA) is 49.8 Å². The molecule has 3 unspecified atom stereocenters. The van der Waals surface area contributed by atoms with Crippen LogP contribution in [0.25, 0.3) is 0 Å². The van der Waals surface area contributed by atoms with Gasteiger partial charge in [0.1, 0.15) is 0 Å². The number of hydrogen-bond acceptors (Lipinski definition) is 3. The third-order valence-electron chi connectivity index (χ3n) is 3.87. The highest BCUT2D eigenvalue weighted by Crippen LogP contribution is 2.25. The van der Waals surface area contributed by atoms with Crippen molar-refractivity contribution < 1.29 is 14.6 Å². The van der Waals surface area contributed by atoms with Crippen molar-refractivity contribution >= 4 is 17.6 Å². The lowest BCUT2D eigenvalue weighted by atomic mass is 10.1. The quantitative estimate of drug-likeness (QED) is 0.908. The van der Waals surface area contributed by atoms with Gasteiger partial charge in [-0.1, -0.05) is 23.7 Å². The number of rotatable bonds is 5. The Bertz CT molecular complexity index is 480. The summed E-state index contributed by atoms with van der Waals surface area (Å²) in [5.74, 6) is -0.863. The molecule has 1 heterocycles. The molecule has 4 nitrogen and oxygen atoms in total. The molecule has 0 bridgehead atoms. The first-order valence-electron chi connectivity index (χ1n) is 6.81. The highest BCUT2D eigenvalue weighted by molar-refractivity contribution is 6.30. The van der Waals surface area contributed by atoms with Gasteiger partial charge in [0.25, 0.3) is 0 Å². The first kappa shape index (κ1) is 15.3. The second-order valence-corrected chi connectivity index (χ2v) is 5.77. The van der Waals surface area contributed by atoms with Crippen LogP contribution >= 0.6 is 11.6 Å². The van der Waals surface area contributed by atoms with E-state index in [2.05, 4.69) is 11.8 Å². The van der Waals surface area contributed by atoms with Crippen LogP contribution in [-0.4, -0.2) is 41.8 Å². The van der Waals surface area contributed by atoms with E-state index in [0.29, 0.717) is 6.42 Å². The van der Waals surface area contributed by atoms with Crippen LogP contribution in [0, 0.1) is 0 Å². The van der Waals surface area contributed by atoms with Crippen LogP contribution in [0.15, 0.2) is 24.3 Å². The van der Waals surface area contributed by atoms with Crippen molar-refractivity contribution in [3.05, 3.63) is 34.9 Å². The normalized spacial score (nSPS) is 24.0. The van der Waals surface area contributed by atoms with Crippen molar-refractivity contribution in [2.75, 3.05) is 13.6 Å². The first-order chi connectivity index (χ1) is 9.47. The van der Waals surface area contributed by atoms with E-state index in [1.54, 1.807) is 0 Å². The molecule has 0 spiro atoms. The molecule has 1 aromatic carbocycles. The van der Waals surface area contributed by atoms with Gasteiger partial charge in [-0.15, -0.1) is 0 Å². The number of ether oxygens (including phenoxy) is 1. The minimum atomic E-state index is -0.863. The maximum absolute atomic E-state index is 10.9. The molecule has 1 N–H and O–H groups in total. The van der Waals surface area contributed by atoms with Gasteiger partial charge in [0.2, 0.25) is 0 Å². The average Bonchev–Trinajstić information content (AvgIpc) is 2.86. The molecular weight excluding hydrogens is 278 g/mol. The molecule has 3 atom stereocenters. The molecule has 0 amide bonds. The predicted octanol–water partition coefficient (Wildman–Crippen LogP) is 2.97. The van der Waals surface area contributed by atoms with Gasteiger partial charge in [-0.2, -0.15) is 0 Å².